The van der Waals surface area contributed by atoms with E-state index in [9.17, 15) is 9.50 Å². The van der Waals surface area contributed by atoms with Crippen LogP contribution in [0, 0.1) is 11.7 Å². The van der Waals surface area contributed by atoms with E-state index in [1.807, 2.05) is 25.1 Å². The van der Waals surface area contributed by atoms with Crippen molar-refractivity contribution in [1.82, 2.24) is 4.90 Å². The van der Waals surface area contributed by atoms with Gasteiger partial charge in [0.05, 0.1) is 12.2 Å². The third kappa shape index (κ3) is 3.81. The van der Waals surface area contributed by atoms with Crippen molar-refractivity contribution in [3.05, 3.63) is 65.5 Å². The number of para-hydroxylation sites is 1. The highest BCUT2D eigenvalue weighted by atomic mass is 19.1. The molecule has 4 heteroatoms. The van der Waals surface area contributed by atoms with Gasteiger partial charge in [-0.2, -0.15) is 0 Å². The Morgan fingerprint density at radius 3 is 2.82 bits per heavy atom. The van der Waals surface area contributed by atoms with Crippen molar-refractivity contribution < 1.29 is 14.2 Å². The quantitative estimate of drug-likeness (QED) is 0.780. The lowest BCUT2D eigenvalue weighted by atomic mass is 9.66. The maximum absolute atomic E-state index is 13.8. The normalized spacial score (nSPS) is 28.0. The SMILES string of the molecule is CCOc1ccccc1[C@H]1[C@@H]2CCCC[C@]2(O)CCN1Cc1cccc(F)c1. The van der Waals surface area contributed by atoms with Gasteiger partial charge in [0.15, 0.2) is 0 Å². The summed E-state index contributed by atoms with van der Waals surface area (Å²) in [7, 11) is 0. The fourth-order valence-corrected chi connectivity index (χ4v) is 5.21. The predicted molar refractivity (Wildman–Crippen MR) is 109 cm³/mol. The molecule has 1 saturated carbocycles. The number of halogens is 1. The molecule has 28 heavy (non-hydrogen) atoms. The smallest absolute Gasteiger partial charge is 0.124 e. The van der Waals surface area contributed by atoms with Gasteiger partial charge in [-0.25, -0.2) is 4.39 Å². The summed E-state index contributed by atoms with van der Waals surface area (Å²) in [5.41, 5.74) is 1.51. The van der Waals surface area contributed by atoms with Crippen LogP contribution in [0.25, 0.3) is 0 Å². The Morgan fingerprint density at radius 1 is 1.14 bits per heavy atom. The van der Waals surface area contributed by atoms with Crippen LogP contribution in [0.4, 0.5) is 4.39 Å². The first kappa shape index (κ1) is 19.4. The van der Waals surface area contributed by atoms with Crippen molar-refractivity contribution in [2.75, 3.05) is 13.2 Å². The molecule has 1 N–H and O–H groups in total. The summed E-state index contributed by atoms with van der Waals surface area (Å²) in [6.45, 7) is 4.09. The van der Waals surface area contributed by atoms with Crippen LogP contribution < -0.4 is 4.74 Å². The van der Waals surface area contributed by atoms with Crippen LogP contribution in [-0.2, 0) is 6.54 Å². The fourth-order valence-electron chi connectivity index (χ4n) is 5.21. The van der Waals surface area contributed by atoms with Gasteiger partial charge in [0.1, 0.15) is 11.6 Å². The zero-order valence-electron chi connectivity index (χ0n) is 16.6. The summed E-state index contributed by atoms with van der Waals surface area (Å²) in [6.07, 6.45) is 4.91. The van der Waals surface area contributed by atoms with Crippen molar-refractivity contribution >= 4 is 0 Å². The third-order valence-electron chi connectivity index (χ3n) is 6.48. The molecular weight excluding hydrogens is 353 g/mol. The summed E-state index contributed by atoms with van der Waals surface area (Å²) in [5.74, 6) is 0.870. The van der Waals surface area contributed by atoms with Crippen LogP contribution in [0.5, 0.6) is 5.75 Å². The molecule has 2 aromatic carbocycles. The van der Waals surface area contributed by atoms with Crippen LogP contribution in [0.3, 0.4) is 0 Å². The number of likely N-dealkylation sites (tertiary alicyclic amines) is 1. The lowest BCUT2D eigenvalue weighted by Crippen LogP contribution is -2.54. The highest BCUT2D eigenvalue weighted by Crippen LogP contribution is 2.51. The zero-order chi connectivity index (χ0) is 19.6. The first-order valence-electron chi connectivity index (χ1n) is 10.5. The number of piperidine rings is 1. The van der Waals surface area contributed by atoms with Gasteiger partial charge in [-0.3, -0.25) is 4.90 Å². The van der Waals surface area contributed by atoms with E-state index in [-0.39, 0.29) is 17.8 Å². The van der Waals surface area contributed by atoms with Gasteiger partial charge >= 0.3 is 0 Å². The second kappa shape index (κ2) is 8.22. The summed E-state index contributed by atoms with van der Waals surface area (Å²) in [4.78, 5) is 2.41. The second-order valence-electron chi connectivity index (χ2n) is 8.22. The molecule has 3 nitrogen and oxygen atoms in total. The van der Waals surface area contributed by atoms with Crippen molar-refractivity contribution in [3.63, 3.8) is 0 Å². The molecule has 2 fully saturated rings. The number of aliphatic hydroxyl groups is 1. The Labute approximate surface area is 167 Å². The van der Waals surface area contributed by atoms with E-state index in [4.69, 9.17) is 4.74 Å². The summed E-state index contributed by atoms with van der Waals surface area (Å²) in [5, 5.41) is 11.4. The molecule has 2 aliphatic rings. The maximum atomic E-state index is 13.8. The molecule has 150 valence electrons. The molecule has 0 aromatic heterocycles. The minimum atomic E-state index is -0.610. The predicted octanol–water partition coefficient (Wildman–Crippen LogP) is 5.09. The topological polar surface area (TPSA) is 32.7 Å². The molecule has 0 unspecified atom stereocenters. The lowest BCUT2D eigenvalue weighted by Gasteiger charge is -2.53. The fraction of sp³-hybridized carbons (Fsp3) is 0.500. The van der Waals surface area contributed by atoms with Gasteiger partial charge in [0.2, 0.25) is 0 Å². The average molecular weight is 384 g/mol. The van der Waals surface area contributed by atoms with Crippen LogP contribution in [0.2, 0.25) is 0 Å². The average Bonchev–Trinajstić information content (AvgIpc) is 2.69. The third-order valence-corrected chi connectivity index (χ3v) is 6.48. The number of rotatable bonds is 5. The van der Waals surface area contributed by atoms with Crippen molar-refractivity contribution in [2.24, 2.45) is 5.92 Å². The molecule has 4 rings (SSSR count). The van der Waals surface area contributed by atoms with Gasteiger partial charge in [0.25, 0.3) is 0 Å². The Balaban J connectivity index is 1.72. The van der Waals surface area contributed by atoms with Gasteiger partial charge in [-0.15, -0.1) is 0 Å². The minimum Gasteiger partial charge on any atom is -0.494 e. The first-order chi connectivity index (χ1) is 13.6. The van der Waals surface area contributed by atoms with E-state index in [0.29, 0.717) is 13.2 Å². The Hall–Kier alpha value is -1.91. The van der Waals surface area contributed by atoms with E-state index in [2.05, 4.69) is 17.0 Å². The molecule has 0 spiro atoms. The van der Waals surface area contributed by atoms with Crippen molar-refractivity contribution in [3.8, 4) is 5.75 Å². The Morgan fingerprint density at radius 2 is 2.00 bits per heavy atom. The van der Waals surface area contributed by atoms with Crippen LogP contribution in [0.1, 0.15) is 56.2 Å². The maximum Gasteiger partial charge on any atom is 0.124 e. The van der Waals surface area contributed by atoms with Crippen molar-refractivity contribution in [1.29, 1.82) is 0 Å². The van der Waals surface area contributed by atoms with Gasteiger partial charge in [-0.05, 0) is 49.9 Å². The molecule has 0 amide bonds. The Kier molecular flexibility index (Phi) is 5.70. The largest absolute Gasteiger partial charge is 0.494 e. The van der Waals surface area contributed by atoms with Crippen LogP contribution in [-0.4, -0.2) is 28.8 Å². The molecular formula is C24H30FNO2. The minimum absolute atomic E-state index is 0.0741. The van der Waals surface area contributed by atoms with Crippen LogP contribution >= 0.6 is 0 Å². The zero-order valence-corrected chi connectivity index (χ0v) is 16.6. The number of hydrogen-bond donors (Lipinski definition) is 1. The van der Waals surface area contributed by atoms with Gasteiger partial charge < -0.3 is 9.84 Å². The van der Waals surface area contributed by atoms with E-state index in [1.165, 1.54) is 6.07 Å². The van der Waals surface area contributed by atoms with Gasteiger partial charge in [0, 0.05) is 30.6 Å². The standard InChI is InChI=1S/C24H30FNO2/c1-2-28-22-12-4-3-10-20(22)23-21-11-5-6-13-24(21,27)14-15-26(23)17-18-8-7-9-19(25)16-18/h3-4,7-10,12,16,21,23,27H,2,5-6,11,13-15,17H2,1H3/t21-,23-,24-/m0/s1. The monoisotopic (exact) mass is 383 g/mol. The number of fused-ring (bicyclic) bond motifs is 1. The first-order valence-corrected chi connectivity index (χ1v) is 10.5. The van der Waals surface area contributed by atoms with Gasteiger partial charge in [-0.1, -0.05) is 43.2 Å². The summed E-state index contributed by atoms with van der Waals surface area (Å²) >= 11 is 0. The highest BCUT2D eigenvalue weighted by Gasteiger charge is 2.49. The number of nitrogens with zero attached hydrogens (tertiary/aromatic N) is 1. The molecule has 0 bridgehead atoms. The lowest BCUT2D eigenvalue weighted by molar-refractivity contribution is -0.126. The van der Waals surface area contributed by atoms with E-state index in [1.54, 1.807) is 12.1 Å². The molecule has 1 saturated heterocycles. The number of ether oxygens (including phenoxy) is 1. The van der Waals surface area contributed by atoms with Crippen LogP contribution in [0.15, 0.2) is 48.5 Å². The second-order valence-corrected chi connectivity index (χ2v) is 8.22. The molecule has 1 aliphatic carbocycles. The molecule has 3 atom stereocenters. The number of benzene rings is 2. The van der Waals surface area contributed by atoms with E-state index < -0.39 is 5.60 Å². The highest BCUT2D eigenvalue weighted by molar-refractivity contribution is 5.37. The number of hydrogen-bond acceptors (Lipinski definition) is 3. The van der Waals surface area contributed by atoms with Crippen molar-refractivity contribution in [2.45, 2.75) is 57.2 Å². The molecule has 2 aromatic rings. The van der Waals surface area contributed by atoms with E-state index >= 15 is 0 Å². The molecule has 1 heterocycles. The summed E-state index contributed by atoms with van der Waals surface area (Å²) in [6, 6.07) is 15.1. The molecule has 1 aliphatic heterocycles. The summed E-state index contributed by atoms with van der Waals surface area (Å²) < 4.78 is 19.7. The molecule has 0 radical (unpaired) electrons. The van der Waals surface area contributed by atoms with E-state index in [0.717, 1.165) is 55.5 Å². The Bertz CT molecular complexity index is 811.